The zero-order valence-electron chi connectivity index (χ0n) is 10.4. The molecule has 2 aromatic rings. The van der Waals surface area contributed by atoms with E-state index in [1.54, 1.807) is 6.20 Å². The van der Waals surface area contributed by atoms with Gasteiger partial charge in [-0.2, -0.15) is 0 Å². The van der Waals surface area contributed by atoms with Crippen LogP contribution in [0.5, 0.6) is 0 Å². The maximum absolute atomic E-state index is 4.17. The number of pyridine rings is 1. The van der Waals surface area contributed by atoms with Crippen LogP contribution in [0, 0.1) is 13.8 Å². The fraction of sp³-hybridized carbons (Fsp3) is 0.214. The summed E-state index contributed by atoms with van der Waals surface area (Å²) in [5.74, 6) is 0. The van der Waals surface area contributed by atoms with Gasteiger partial charge in [0.25, 0.3) is 0 Å². The van der Waals surface area contributed by atoms with Crippen LogP contribution in [-0.4, -0.2) is 12.0 Å². The molecule has 0 saturated heterocycles. The van der Waals surface area contributed by atoms with E-state index in [0.29, 0.717) is 0 Å². The van der Waals surface area contributed by atoms with Gasteiger partial charge >= 0.3 is 0 Å². The smallest absolute Gasteiger partial charge is 0.0591 e. The molecule has 0 unspecified atom stereocenters. The summed E-state index contributed by atoms with van der Waals surface area (Å²) in [6.07, 6.45) is 3.62. The second-order valence-corrected chi connectivity index (χ2v) is 4.16. The third-order valence-corrected chi connectivity index (χ3v) is 2.69. The molecule has 1 aromatic carbocycles. The maximum atomic E-state index is 4.17. The van der Waals surface area contributed by atoms with Crippen molar-refractivity contribution in [2.45, 2.75) is 13.8 Å². The van der Waals surface area contributed by atoms with Crippen molar-refractivity contribution in [3.8, 4) is 0 Å². The molecule has 0 saturated carbocycles. The first-order valence-electron chi connectivity index (χ1n) is 5.66. The van der Waals surface area contributed by atoms with Crippen molar-refractivity contribution in [2.75, 3.05) is 17.7 Å². The summed E-state index contributed by atoms with van der Waals surface area (Å²) in [5, 5.41) is 6.45. The second-order valence-electron chi connectivity index (χ2n) is 4.16. The summed E-state index contributed by atoms with van der Waals surface area (Å²) in [5.41, 5.74) is 5.62. The highest BCUT2D eigenvalue weighted by Crippen LogP contribution is 2.22. The van der Waals surface area contributed by atoms with E-state index < -0.39 is 0 Å². The van der Waals surface area contributed by atoms with Crippen molar-refractivity contribution in [1.82, 2.24) is 4.98 Å². The van der Waals surface area contributed by atoms with E-state index in [1.807, 2.05) is 19.3 Å². The van der Waals surface area contributed by atoms with Gasteiger partial charge in [0.1, 0.15) is 0 Å². The molecule has 17 heavy (non-hydrogen) atoms. The summed E-state index contributed by atoms with van der Waals surface area (Å²) in [7, 11) is 1.89. The monoisotopic (exact) mass is 227 g/mol. The minimum absolute atomic E-state index is 0.990. The van der Waals surface area contributed by atoms with Gasteiger partial charge in [0, 0.05) is 12.7 Å². The van der Waals surface area contributed by atoms with Crippen molar-refractivity contribution < 1.29 is 0 Å². The Morgan fingerprint density at radius 2 is 1.76 bits per heavy atom. The molecule has 0 aliphatic rings. The molecule has 0 aliphatic carbocycles. The lowest BCUT2D eigenvalue weighted by Crippen LogP contribution is -1.96. The van der Waals surface area contributed by atoms with Crippen molar-refractivity contribution in [3.05, 3.63) is 47.8 Å². The number of aryl methyl sites for hydroxylation is 2. The Morgan fingerprint density at radius 1 is 1.00 bits per heavy atom. The van der Waals surface area contributed by atoms with Crippen molar-refractivity contribution in [1.29, 1.82) is 0 Å². The molecule has 3 nitrogen and oxygen atoms in total. The topological polar surface area (TPSA) is 37.0 Å². The first-order chi connectivity index (χ1) is 8.19. The maximum Gasteiger partial charge on any atom is 0.0591 e. The van der Waals surface area contributed by atoms with Crippen molar-refractivity contribution in [2.24, 2.45) is 0 Å². The van der Waals surface area contributed by atoms with Crippen LogP contribution in [0.25, 0.3) is 0 Å². The van der Waals surface area contributed by atoms with Gasteiger partial charge in [0.05, 0.1) is 23.8 Å². The summed E-state index contributed by atoms with van der Waals surface area (Å²) < 4.78 is 0. The first kappa shape index (κ1) is 11.5. The van der Waals surface area contributed by atoms with E-state index in [1.165, 1.54) is 11.1 Å². The minimum atomic E-state index is 0.990. The number of nitrogens with one attached hydrogen (secondary N) is 2. The van der Waals surface area contributed by atoms with E-state index in [9.17, 15) is 0 Å². The van der Waals surface area contributed by atoms with Gasteiger partial charge in [-0.05, 0) is 31.5 Å². The third kappa shape index (κ3) is 2.75. The van der Waals surface area contributed by atoms with Crippen LogP contribution in [0.1, 0.15) is 11.1 Å². The van der Waals surface area contributed by atoms with Crippen LogP contribution in [0.15, 0.2) is 36.7 Å². The van der Waals surface area contributed by atoms with Gasteiger partial charge in [0.2, 0.25) is 0 Å². The summed E-state index contributed by atoms with van der Waals surface area (Å²) in [4.78, 5) is 4.17. The quantitative estimate of drug-likeness (QED) is 0.842. The number of hydrogen-bond acceptors (Lipinski definition) is 3. The lowest BCUT2D eigenvalue weighted by atomic mass is 10.1. The Balaban J connectivity index is 2.25. The van der Waals surface area contributed by atoms with Crippen LogP contribution in [-0.2, 0) is 0 Å². The van der Waals surface area contributed by atoms with Gasteiger partial charge in [-0.25, -0.2) is 0 Å². The Morgan fingerprint density at radius 3 is 2.47 bits per heavy atom. The molecule has 0 atom stereocenters. The highest BCUT2D eigenvalue weighted by Gasteiger charge is 2.00. The number of benzene rings is 1. The Labute approximate surface area is 102 Å². The van der Waals surface area contributed by atoms with Crippen LogP contribution >= 0.6 is 0 Å². The van der Waals surface area contributed by atoms with Crippen LogP contribution in [0.2, 0.25) is 0 Å². The predicted molar refractivity (Wildman–Crippen MR) is 73.0 cm³/mol. The zero-order chi connectivity index (χ0) is 12.3. The average molecular weight is 227 g/mol. The number of anilines is 3. The molecule has 0 fully saturated rings. The van der Waals surface area contributed by atoms with Gasteiger partial charge < -0.3 is 10.6 Å². The summed E-state index contributed by atoms with van der Waals surface area (Å²) >= 11 is 0. The second kappa shape index (κ2) is 4.87. The molecule has 3 heteroatoms. The molecule has 1 aromatic heterocycles. The van der Waals surface area contributed by atoms with Gasteiger partial charge in [-0.1, -0.05) is 17.7 Å². The summed E-state index contributed by atoms with van der Waals surface area (Å²) in [6, 6.07) is 8.39. The highest BCUT2D eigenvalue weighted by molar-refractivity contribution is 5.65. The number of hydrogen-bond donors (Lipinski definition) is 2. The molecule has 0 amide bonds. The number of nitrogens with zero attached hydrogens (tertiary/aromatic N) is 1. The standard InChI is InChI=1S/C14H17N3/c1-10-4-5-14(11(2)6-10)17-13-7-12(15-3)8-16-9-13/h4-9,15,17H,1-3H3. The summed E-state index contributed by atoms with van der Waals surface area (Å²) in [6.45, 7) is 4.20. The van der Waals surface area contributed by atoms with Crippen LogP contribution in [0.3, 0.4) is 0 Å². The van der Waals surface area contributed by atoms with E-state index >= 15 is 0 Å². The zero-order valence-corrected chi connectivity index (χ0v) is 10.4. The molecular weight excluding hydrogens is 210 g/mol. The van der Waals surface area contributed by atoms with Crippen LogP contribution in [0.4, 0.5) is 17.1 Å². The first-order valence-corrected chi connectivity index (χ1v) is 5.66. The minimum Gasteiger partial charge on any atom is -0.387 e. The van der Waals surface area contributed by atoms with E-state index in [0.717, 1.165) is 17.1 Å². The number of aromatic nitrogens is 1. The molecule has 0 spiro atoms. The molecule has 0 radical (unpaired) electrons. The highest BCUT2D eigenvalue weighted by atomic mass is 14.9. The fourth-order valence-electron chi connectivity index (χ4n) is 1.75. The van der Waals surface area contributed by atoms with E-state index in [2.05, 4.69) is 47.7 Å². The Bertz CT molecular complexity index is 521. The van der Waals surface area contributed by atoms with Crippen molar-refractivity contribution >= 4 is 17.1 Å². The largest absolute Gasteiger partial charge is 0.387 e. The molecular formula is C14H17N3. The van der Waals surface area contributed by atoms with Crippen molar-refractivity contribution in [3.63, 3.8) is 0 Å². The molecule has 2 N–H and O–H groups in total. The molecule has 88 valence electrons. The molecule has 0 bridgehead atoms. The Hall–Kier alpha value is -2.03. The third-order valence-electron chi connectivity index (χ3n) is 2.69. The molecule has 1 heterocycles. The van der Waals surface area contributed by atoms with Gasteiger partial charge in [-0.15, -0.1) is 0 Å². The predicted octanol–water partition coefficient (Wildman–Crippen LogP) is 3.48. The number of rotatable bonds is 3. The Kier molecular flexibility index (Phi) is 3.28. The van der Waals surface area contributed by atoms with Crippen LogP contribution < -0.4 is 10.6 Å². The normalized spacial score (nSPS) is 10.1. The lowest BCUT2D eigenvalue weighted by Gasteiger charge is -2.10. The lowest BCUT2D eigenvalue weighted by molar-refractivity contribution is 1.30. The van der Waals surface area contributed by atoms with E-state index in [4.69, 9.17) is 0 Å². The fourth-order valence-corrected chi connectivity index (χ4v) is 1.75. The van der Waals surface area contributed by atoms with Gasteiger partial charge in [0.15, 0.2) is 0 Å². The SMILES string of the molecule is CNc1cncc(Nc2ccc(C)cc2C)c1. The molecule has 2 rings (SSSR count). The average Bonchev–Trinajstić information content (AvgIpc) is 2.33. The van der Waals surface area contributed by atoms with E-state index in [-0.39, 0.29) is 0 Å². The van der Waals surface area contributed by atoms with Gasteiger partial charge in [-0.3, -0.25) is 4.98 Å². The molecule has 0 aliphatic heterocycles.